The standard InChI is InChI=1S/C16H16N2O4S/c1-12(19)11-16(20)17-13-7-9-15(10-8-13)23(21,22)18-14-5-3-2-4-6-14/h2-10,18H,11H2,1H3,(H,17,20). The number of rotatable bonds is 6. The molecule has 0 radical (unpaired) electrons. The van der Waals surface area contributed by atoms with Crippen LogP contribution in [0.5, 0.6) is 0 Å². The van der Waals surface area contributed by atoms with Crippen molar-refractivity contribution in [1.82, 2.24) is 0 Å². The van der Waals surface area contributed by atoms with Gasteiger partial charge in [-0.25, -0.2) is 8.42 Å². The molecule has 0 saturated heterocycles. The van der Waals surface area contributed by atoms with E-state index in [2.05, 4.69) is 10.0 Å². The molecule has 23 heavy (non-hydrogen) atoms. The van der Waals surface area contributed by atoms with E-state index in [1.807, 2.05) is 0 Å². The van der Waals surface area contributed by atoms with Gasteiger partial charge in [-0.05, 0) is 43.3 Å². The van der Waals surface area contributed by atoms with Gasteiger partial charge >= 0.3 is 0 Å². The molecule has 0 aliphatic rings. The van der Waals surface area contributed by atoms with Crippen LogP contribution in [0, 0.1) is 0 Å². The molecule has 0 unspecified atom stereocenters. The highest BCUT2D eigenvalue weighted by molar-refractivity contribution is 7.92. The zero-order chi connectivity index (χ0) is 16.9. The minimum absolute atomic E-state index is 0.0749. The van der Waals surface area contributed by atoms with Crippen molar-refractivity contribution in [3.8, 4) is 0 Å². The van der Waals surface area contributed by atoms with E-state index in [4.69, 9.17) is 0 Å². The van der Waals surface area contributed by atoms with E-state index in [1.54, 1.807) is 30.3 Å². The van der Waals surface area contributed by atoms with Gasteiger partial charge < -0.3 is 5.32 Å². The summed E-state index contributed by atoms with van der Waals surface area (Å²) in [6.07, 6.45) is -0.213. The average molecular weight is 332 g/mol. The first-order valence-corrected chi connectivity index (χ1v) is 8.32. The summed E-state index contributed by atoms with van der Waals surface area (Å²) in [6, 6.07) is 14.2. The fourth-order valence-corrected chi connectivity index (χ4v) is 2.93. The van der Waals surface area contributed by atoms with Crippen molar-refractivity contribution >= 4 is 33.1 Å². The summed E-state index contributed by atoms with van der Waals surface area (Å²) >= 11 is 0. The summed E-state index contributed by atoms with van der Waals surface area (Å²) in [5.74, 6) is -0.677. The second kappa shape index (κ2) is 7.06. The lowest BCUT2D eigenvalue weighted by molar-refractivity contribution is -0.124. The lowest BCUT2D eigenvalue weighted by Gasteiger charge is -2.09. The second-order valence-electron chi connectivity index (χ2n) is 4.92. The summed E-state index contributed by atoms with van der Waals surface area (Å²) in [5, 5.41) is 2.53. The van der Waals surface area contributed by atoms with Crippen LogP contribution >= 0.6 is 0 Å². The van der Waals surface area contributed by atoms with Crippen molar-refractivity contribution in [3.63, 3.8) is 0 Å². The molecular formula is C16H16N2O4S. The van der Waals surface area contributed by atoms with Crippen LogP contribution in [-0.2, 0) is 19.6 Å². The van der Waals surface area contributed by atoms with Crippen molar-refractivity contribution in [2.75, 3.05) is 10.0 Å². The molecule has 120 valence electrons. The molecule has 0 fully saturated rings. The third-order valence-corrected chi connectivity index (χ3v) is 4.28. The number of sulfonamides is 1. The maximum absolute atomic E-state index is 12.2. The molecule has 2 aromatic rings. The molecular weight excluding hydrogens is 316 g/mol. The molecule has 2 N–H and O–H groups in total. The largest absolute Gasteiger partial charge is 0.326 e. The molecule has 2 rings (SSSR count). The summed E-state index contributed by atoms with van der Waals surface area (Å²) in [6.45, 7) is 1.32. The molecule has 0 spiro atoms. The molecule has 0 aliphatic carbocycles. The van der Waals surface area contributed by atoms with Gasteiger partial charge in [-0.2, -0.15) is 0 Å². The van der Waals surface area contributed by atoms with E-state index >= 15 is 0 Å². The predicted molar refractivity (Wildman–Crippen MR) is 87.6 cm³/mol. The Bertz CT molecular complexity index is 800. The molecule has 2 aromatic carbocycles. The summed E-state index contributed by atoms with van der Waals surface area (Å²) in [5.41, 5.74) is 0.890. The highest BCUT2D eigenvalue weighted by Gasteiger charge is 2.14. The van der Waals surface area contributed by atoms with Crippen LogP contribution in [0.25, 0.3) is 0 Å². The normalized spacial score (nSPS) is 10.8. The number of amides is 1. The topological polar surface area (TPSA) is 92.3 Å². The number of anilines is 2. The molecule has 7 heteroatoms. The zero-order valence-electron chi connectivity index (χ0n) is 12.4. The van der Waals surface area contributed by atoms with Crippen molar-refractivity contribution in [3.05, 3.63) is 54.6 Å². The third kappa shape index (κ3) is 4.93. The lowest BCUT2D eigenvalue weighted by atomic mass is 10.2. The van der Waals surface area contributed by atoms with E-state index in [1.165, 1.54) is 31.2 Å². The Morgan fingerprint density at radius 1 is 0.913 bits per heavy atom. The summed E-state index contributed by atoms with van der Waals surface area (Å²) in [4.78, 5) is 22.4. The smallest absolute Gasteiger partial charge is 0.261 e. The molecule has 0 bridgehead atoms. The van der Waals surface area contributed by atoms with Crippen LogP contribution < -0.4 is 10.0 Å². The molecule has 0 heterocycles. The first-order valence-electron chi connectivity index (χ1n) is 6.84. The minimum atomic E-state index is -3.69. The first-order chi connectivity index (χ1) is 10.9. The number of carbonyl (C=O) groups excluding carboxylic acids is 2. The van der Waals surface area contributed by atoms with Gasteiger partial charge in [0.05, 0.1) is 11.3 Å². The number of hydrogen-bond donors (Lipinski definition) is 2. The Labute approximate surface area is 134 Å². The van der Waals surface area contributed by atoms with Gasteiger partial charge in [-0.15, -0.1) is 0 Å². The molecule has 0 atom stereocenters. The number of benzene rings is 2. The van der Waals surface area contributed by atoms with Crippen molar-refractivity contribution in [1.29, 1.82) is 0 Å². The molecule has 0 aromatic heterocycles. The van der Waals surface area contributed by atoms with Gasteiger partial charge in [-0.1, -0.05) is 18.2 Å². The summed E-state index contributed by atoms with van der Waals surface area (Å²) in [7, 11) is -3.69. The minimum Gasteiger partial charge on any atom is -0.326 e. The van der Waals surface area contributed by atoms with Crippen molar-refractivity contribution in [2.45, 2.75) is 18.2 Å². The van der Waals surface area contributed by atoms with Gasteiger partial charge in [0.25, 0.3) is 10.0 Å². The van der Waals surface area contributed by atoms with E-state index in [9.17, 15) is 18.0 Å². The number of ketones is 1. The van der Waals surface area contributed by atoms with Crippen LogP contribution in [0.15, 0.2) is 59.5 Å². The van der Waals surface area contributed by atoms with E-state index < -0.39 is 15.9 Å². The van der Waals surface area contributed by atoms with E-state index in [0.29, 0.717) is 11.4 Å². The average Bonchev–Trinajstić information content (AvgIpc) is 2.47. The Hall–Kier alpha value is -2.67. The van der Waals surface area contributed by atoms with E-state index in [0.717, 1.165) is 0 Å². The van der Waals surface area contributed by atoms with Gasteiger partial charge in [0.1, 0.15) is 5.78 Å². The van der Waals surface area contributed by atoms with E-state index in [-0.39, 0.29) is 17.1 Å². The number of para-hydroxylation sites is 1. The zero-order valence-corrected chi connectivity index (χ0v) is 13.3. The number of Topliss-reactive ketones (excluding diaryl/α,β-unsaturated/α-hetero) is 1. The molecule has 0 saturated carbocycles. The maximum Gasteiger partial charge on any atom is 0.261 e. The van der Waals surface area contributed by atoms with Crippen LogP contribution in [-0.4, -0.2) is 20.1 Å². The number of carbonyl (C=O) groups is 2. The van der Waals surface area contributed by atoms with Gasteiger partial charge in [0, 0.05) is 11.4 Å². The Morgan fingerprint density at radius 3 is 2.09 bits per heavy atom. The SMILES string of the molecule is CC(=O)CC(=O)Nc1ccc(S(=O)(=O)Nc2ccccc2)cc1. The van der Waals surface area contributed by atoms with Gasteiger partial charge in [-0.3, -0.25) is 14.3 Å². The third-order valence-electron chi connectivity index (χ3n) is 2.88. The van der Waals surface area contributed by atoms with Crippen molar-refractivity contribution in [2.24, 2.45) is 0 Å². The highest BCUT2D eigenvalue weighted by atomic mass is 32.2. The van der Waals surface area contributed by atoms with Crippen LogP contribution in [0.2, 0.25) is 0 Å². The fraction of sp³-hybridized carbons (Fsp3) is 0.125. The second-order valence-corrected chi connectivity index (χ2v) is 6.61. The summed E-state index contributed by atoms with van der Waals surface area (Å²) < 4.78 is 26.9. The Balaban J connectivity index is 2.09. The molecule has 6 nitrogen and oxygen atoms in total. The maximum atomic E-state index is 12.2. The van der Waals surface area contributed by atoms with Crippen LogP contribution in [0.3, 0.4) is 0 Å². The Morgan fingerprint density at radius 2 is 1.52 bits per heavy atom. The van der Waals surface area contributed by atoms with Gasteiger partial charge in [0.15, 0.2) is 0 Å². The molecule has 1 amide bonds. The van der Waals surface area contributed by atoms with Gasteiger partial charge in [0.2, 0.25) is 5.91 Å². The van der Waals surface area contributed by atoms with Crippen LogP contribution in [0.1, 0.15) is 13.3 Å². The van der Waals surface area contributed by atoms with Crippen LogP contribution in [0.4, 0.5) is 11.4 Å². The molecule has 0 aliphatic heterocycles. The fourth-order valence-electron chi connectivity index (χ4n) is 1.87. The lowest BCUT2D eigenvalue weighted by Crippen LogP contribution is -2.15. The highest BCUT2D eigenvalue weighted by Crippen LogP contribution is 2.18. The van der Waals surface area contributed by atoms with Crippen molar-refractivity contribution < 1.29 is 18.0 Å². The first kappa shape index (κ1) is 16.7. The monoisotopic (exact) mass is 332 g/mol. The Kier molecular flexibility index (Phi) is 5.13. The number of nitrogens with one attached hydrogen (secondary N) is 2. The quantitative estimate of drug-likeness (QED) is 0.795. The predicted octanol–water partition coefficient (Wildman–Crippen LogP) is 2.41. The number of hydrogen-bond acceptors (Lipinski definition) is 4.